The summed E-state index contributed by atoms with van der Waals surface area (Å²) >= 11 is 5.46. The first-order chi connectivity index (χ1) is 8.24. The summed E-state index contributed by atoms with van der Waals surface area (Å²) in [6.07, 6.45) is 8.32. The summed E-state index contributed by atoms with van der Waals surface area (Å²) < 4.78 is 1.24. The Morgan fingerprint density at radius 3 is 2.71 bits per heavy atom. The second-order valence-electron chi connectivity index (χ2n) is 5.25. The zero-order valence-electron chi connectivity index (χ0n) is 10.6. The van der Waals surface area contributed by atoms with Crippen LogP contribution in [0.5, 0.6) is 0 Å². The maximum atomic E-state index is 3.58. The molecule has 0 radical (unpaired) electrons. The van der Waals surface area contributed by atoms with E-state index in [1.807, 2.05) is 11.3 Å². The van der Waals surface area contributed by atoms with E-state index in [4.69, 9.17) is 0 Å². The molecule has 0 unspecified atom stereocenters. The molecule has 0 bridgehead atoms. The van der Waals surface area contributed by atoms with Gasteiger partial charge in [-0.2, -0.15) is 0 Å². The van der Waals surface area contributed by atoms with Gasteiger partial charge in [-0.3, -0.25) is 0 Å². The Kier molecular flexibility index (Phi) is 5.07. The van der Waals surface area contributed by atoms with Crippen LogP contribution in [0.4, 0.5) is 0 Å². The van der Waals surface area contributed by atoms with Crippen molar-refractivity contribution in [3.05, 3.63) is 20.8 Å². The molecular formula is C14H22BrNS. The Labute approximate surface area is 117 Å². The van der Waals surface area contributed by atoms with Crippen molar-refractivity contribution >= 4 is 27.3 Å². The van der Waals surface area contributed by atoms with Crippen molar-refractivity contribution in [1.29, 1.82) is 0 Å². The van der Waals surface area contributed by atoms with Crippen LogP contribution in [0.25, 0.3) is 0 Å². The molecule has 0 spiro atoms. The van der Waals surface area contributed by atoms with Gasteiger partial charge < -0.3 is 5.32 Å². The van der Waals surface area contributed by atoms with E-state index in [1.165, 1.54) is 54.4 Å². The molecule has 1 aromatic rings. The van der Waals surface area contributed by atoms with E-state index in [9.17, 15) is 0 Å². The first kappa shape index (κ1) is 13.6. The molecule has 0 amide bonds. The smallest absolute Gasteiger partial charge is 0.0285 e. The number of thiophene rings is 1. The Morgan fingerprint density at radius 2 is 2.12 bits per heavy atom. The molecular weight excluding hydrogens is 294 g/mol. The van der Waals surface area contributed by atoms with Gasteiger partial charge in [0.1, 0.15) is 0 Å². The van der Waals surface area contributed by atoms with Gasteiger partial charge in [-0.05, 0) is 53.2 Å². The maximum Gasteiger partial charge on any atom is 0.0285 e. The van der Waals surface area contributed by atoms with E-state index in [1.54, 1.807) is 0 Å². The van der Waals surface area contributed by atoms with Crippen LogP contribution >= 0.6 is 27.3 Å². The van der Waals surface area contributed by atoms with E-state index >= 15 is 0 Å². The minimum absolute atomic E-state index is 0.526. The molecule has 3 heteroatoms. The second kappa shape index (κ2) is 6.35. The van der Waals surface area contributed by atoms with Crippen LogP contribution in [0.2, 0.25) is 0 Å². The van der Waals surface area contributed by atoms with Gasteiger partial charge in [-0.15, -0.1) is 11.3 Å². The van der Waals surface area contributed by atoms with E-state index < -0.39 is 0 Å². The molecule has 1 N–H and O–H groups in total. The lowest BCUT2D eigenvalue weighted by Gasteiger charge is -2.37. The van der Waals surface area contributed by atoms with Gasteiger partial charge in [0, 0.05) is 21.3 Å². The lowest BCUT2D eigenvalue weighted by atomic mass is 9.71. The number of halogens is 1. The fourth-order valence-corrected chi connectivity index (χ4v) is 4.55. The molecule has 1 heterocycles. The predicted octanol–water partition coefficient (Wildman–Crippen LogP) is 4.61. The Bertz CT molecular complexity index is 342. The van der Waals surface area contributed by atoms with Gasteiger partial charge in [0.05, 0.1) is 0 Å². The van der Waals surface area contributed by atoms with Crippen molar-refractivity contribution in [2.24, 2.45) is 5.41 Å². The quantitative estimate of drug-likeness (QED) is 0.836. The van der Waals surface area contributed by atoms with Crippen LogP contribution in [0.1, 0.15) is 43.9 Å². The molecule has 1 fully saturated rings. The average molecular weight is 316 g/mol. The van der Waals surface area contributed by atoms with Gasteiger partial charge >= 0.3 is 0 Å². The first-order valence-corrected chi connectivity index (χ1v) is 8.35. The third-order valence-electron chi connectivity index (χ3n) is 3.84. The molecule has 1 aliphatic carbocycles. The van der Waals surface area contributed by atoms with Crippen LogP contribution in [-0.4, -0.2) is 13.1 Å². The first-order valence-electron chi connectivity index (χ1n) is 6.68. The van der Waals surface area contributed by atoms with Gasteiger partial charge in [0.15, 0.2) is 0 Å². The summed E-state index contributed by atoms with van der Waals surface area (Å²) in [6, 6.07) is 2.30. The lowest BCUT2D eigenvalue weighted by molar-refractivity contribution is 0.183. The van der Waals surface area contributed by atoms with Gasteiger partial charge in [0.2, 0.25) is 0 Å². The highest BCUT2D eigenvalue weighted by Crippen LogP contribution is 2.40. The third kappa shape index (κ3) is 3.80. The Balaban J connectivity index is 2.03. The minimum Gasteiger partial charge on any atom is -0.316 e. The molecule has 0 saturated heterocycles. The van der Waals surface area contributed by atoms with Crippen LogP contribution in [-0.2, 0) is 6.42 Å². The number of hydrogen-bond donors (Lipinski definition) is 1. The summed E-state index contributed by atoms with van der Waals surface area (Å²) in [4.78, 5) is 1.54. The Morgan fingerprint density at radius 1 is 1.35 bits per heavy atom. The third-order valence-corrected chi connectivity index (χ3v) is 5.53. The van der Waals surface area contributed by atoms with Crippen LogP contribution in [0, 0.1) is 5.41 Å². The Hall–Kier alpha value is 0.140. The van der Waals surface area contributed by atoms with Crippen molar-refractivity contribution in [1.82, 2.24) is 5.32 Å². The number of nitrogens with one attached hydrogen (secondary N) is 1. The molecule has 1 saturated carbocycles. The lowest BCUT2D eigenvalue weighted by Crippen LogP contribution is -2.37. The highest BCUT2D eigenvalue weighted by molar-refractivity contribution is 9.10. The number of rotatable bonds is 5. The van der Waals surface area contributed by atoms with Crippen LogP contribution in [0.15, 0.2) is 15.9 Å². The molecule has 0 aliphatic heterocycles. The molecule has 0 atom stereocenters. The molecule has 0 aromatic carbocycles. The van der Waals surface area contributed by atoms with Gasteiger partial charge in [0.25, 0.3) is 0 Å². The van der Waals surface area contributed by atoms with Crippen molar-refractivity contribution in [3.8, 4) is 0 Å². The summed E-state index contributed by atoms with van der Waals surface area (Å²) in [5, 5.41) is 5.79. The van der Waals surface area contributed by atoms with Crippen molar-refractivity contribution in [2.75, 3.05) is 13.1 Å². The summed E-state index contributed by atoms with van der Waals surface area (Å²) in [7, 11) is 0. The zero-order valence-corrected chi connectivity index (χ0v) is 13.0. The normalized spacial score (nSPS) is 19.4. The maximum absolute atomic E-state index is 3.58. The number of hydrogen-bond acceptors (Lipinski definition) is 2. The molecule has 1 aromatic heterocycles. The van der Waals surface area contributed by atoms with Crippen molar-refractivity contribution in [2.45, 2.75) is 45.4 Å². The van der Waals surface area contributed by atoms with Gasteiger partial charge in [-0.1, -0.05) is 26.2 Å². The second-order valence-corrected chi connectivity index (χ2v) is 7.16. The summed E-state index contributed by atoms with van der Waals surface area (Å²) in [5.74, 6) is 0. The predicted molar refractivity (Wildman–Crippen MR) is 79.8 cm³/mol. The molecule has 96 valence electrons. The average Bonchev–Trinajstić information content (AvgIpc) is 2.73. The fraction of sp³-hybridized carbons (Fsp3) is 0.714. The zero-order chi connectivity index (χ0) is 12.1. The molecule has 1 aliphatic rings. The van der Waals surface area contributed by atoms with E-state index in [0.29, 0.717) is 5.41 Å². The largest absolute Gasteiger partial charge is 0.316 e. The molecule has 2 rings (SSSR count). The fourth-order valence-electron chi connectivity index (χ4n) is 2.92. The van der Waals surface area contributed by atoms with E-state index in [0.717, 1.165) is 6.54 Å². The molecule has 17 heavy (non-hydrogen) atoms. The highest BCUT2D eigenvalue weighted by Gasteiger charge is 2.32. The highest BCUT2D eigenvalue weighted by atomic mass is 79.9. The van der Waals surface area contributed by atoms with Crippen molar-refractivity contribution < 1.29 is 0 Å². The SMILES string of the molecule is CCNCC1(Cc2cc(Br)cs2)CCCCC1. The summed E-state index contributed by atoms with van der Waals surface area (Å²) in [6.45, 7) is 4.49. The van der Waals surface area contributed by atoms with E-state index in [2.05, 4.69) is 39.6 Å². The topological polar surface area (TPSA) is 12.0 Å². The van der Waals surface area contributed by atoms with Crippen molar-refractivity contribution in [3.63, 3.8) is 0 Å². The monoisotopic (exact) mass is 315 g/mol. The minimum atomic E-state index is 0.526. The molecule has 1 nitrogen and oxygen atoms in total. The van der Waals surface area contributed by atoms with E-state index in [-0.39, 0.29) is 0 Å². The van der Waals surface area contributed by atoms with Crippen LogP contribution < -0.4 is 5.32 Å². The van der Waals surface area contributed by atoms with Gasteiger partial charge in [-0.25, -0.2) is 0 Å². The van der Waals surface area contributed by atoms with Crippen LogP contribution in [0.3, 0.4) is 0 Å². The summed E-state index contributed by atoms with van der Waals surface area (Å²) in [5.41, 5.74) is 0.526. The standard InChI is InChI=1S/C14H22BrNS/c1-2-16-11-14(6-4-3-5-7-14)9-13-8-12(15)10-17-13/h8,10,16H,2-7,9,11H2,1H3.